The molecule has 3 rings (SSSR count). The van der Waals surface area contributed by atoms with Gasteiger partial charge in [-0.2, -0.15) is 18.3 Å². The smallest absolute Gasteiger partial charge is 0.369 e. The molecule has 10 heteroatoms. The van der Waals surface area contributed by atoms with Gasteiger partial charge in [0, 0.05) is 17.0 Å². The number of unbranched alkanes of at least 4 members (excludes halogenated alkanes) is 1. The first-order valence-electron chi connectivity index (χ1n) is 9.93. The Morgan fingerprint density at radius 3 is 2.31 bits per heavy atom. The summed E-state index contributed by atoms with van der Waals surface area (Å²) in [6, 6.07) is 14.8. The number of carbonyl (C=O) groups excluding carboxylic acids is 1. The van der Waals surface area contributed by atoms with Crippen molar-refractivity contribution in [3.8, 4) is 16.9 Å². The van der Waals surface area contributed by atoms with Crippen LogP contribution in [-0.2, 0) is 23.8 Å². The van der Waals surface area contributed by atoms with E-state index in [1.165, 1.54) is 4.68 Å². The molecular formula is C22H21F3N6O. The number of benzene rings is 2. The van der Waals surface area contributed by atoms with E-state index in [0.29, 0.717) is 29.1 Å². The number of halogens is 3. The Hall–Kier alpha value is -3.78. The molecule has 0 radical (unpaired) electrons. The zero-order valence-corrected chi connectivity index (χ0v) is 17.1. The third-order valence-electron chi connectivity index (χ3n) is 4.85. The van der Waals surface area contributed by atoms with E-state index in [0.717, 1.165) is 30.9 Å². The number of primary amides is 1. The van der Waals surface area contributed by atoms with E-state index in [1.807, 2.05) is 12.1 Å². The number of rotatable bonds is 9. The molecule has 0 saturated heterocycles. The van der Waals surface area contributed by atoms with Crippen molar-refractivity contribution in [1.82, 2.24) is 9.78 Å². The minimum Gasteiger partial charge on any atom is -0.369 e. The van der Waals surface area contributed by atoms with Gasteiger partial charge in [-0.3, -0.25) is 4.79 Å². The summed E-state index contributed by atoms with van der Waals surface area (Å²) >= 11 is 0. The zero-order chi connectivity index (χ0) is 23.1. The van der Waals surface area contributed by atoms with Gasteiger partial charge in [0.25, 0.3) is 0 Å². The molecule has 1 heterocycles. The van der Waals surface area contributed by atoms with Crippen molar-refractivity contribution in [2.75, 3.05) is 6.54 Å². The summed E-state index contributed by atoms with van der Waals surface area (Å²) in [5.74, 6) is -0.491. The van der Waals surface area contributed by atoms with Crippen LogP contribution in [0.25, 0.3) is 27.4 Å². The Balaban J connectivity index is 1.88. The first kappa shape index (κ1) is 22.9. The highest BCUT2D eigenvalue weighted by atomic mass is 19.4. The average Bonchev–Trinajstić information content (AvgIpc) is 3.20. The van der Waals surface area contributed by atoms with Crippen LogP contribution in [-0.4, -0.2) is 22.2 Å². The van der Waals surface area contributed by atoms with Gasteiger partial charge in [-0.1, -0.05) is 41.5 Å². The molecule has 1 aromatic heterocycles. The lowest BCUT2D eigenvalue weighted by molar-refractivity contribution is -0.141. The largest absolute Gasteiger partial charge is 0.435 e. The van der Waals surface area contributed by atoms with Crippen molar-refractivity contribution < 1.29 is 18.0 Å². The fourth-order valence-corrected chi connectivity index (χ4v) is 3.28. The molecule has 0 atom stereocenters. The fraction of sp³-hybridized carbons (Fsp3) is 0.273. The first-order valence-corrected chi connectivity index (χ1v) is 9.93. The number of amides is 1. The summed E-state index contributed by atoms with van der Waals surface area (Å²) in [5, 5.41) is 7.27. The molecule has 0 aliphatic heterocycles. The highest BCUT2D eigenvalue weighted by molar-refractivity contribution is 5.76. The van der Waals surface area contributed by atoms with Crippen LogP contribution in [0.1, 0.15) is 29.7 Å². The molecule has 0 aliphatic rings. The van der Waals surface area contributed by atoms with Crippen molar-refractivity contribution in [1.29, 1.82) is 0 Å². The molecule has 3 aromatic rings. The van der Waals surface area contributed by atoms with Gasteiger partial charge in [0.05, 0.1) is 17.8 Å². The maximum atomic E-state index is 13.4. The molecule has 2 aromatic carbocycles. The third kappa shape index (κ3) is 5.89. The number of nitrogens with two attached hydrogens (primary N) is 1. The molecule has 0 aliphatic carbocycles. The Kier molecular flexibility index (Phi) is 7.17. The first-order chi connectivity index (χ1) is 15.3. The second-order valence-electron chi connectivity index (χ2n) is 7.24. The second kappa shape index (κ2) is 10.0. The summed E-state index contributed by atoms with van der Waals surface area (Å²) in [6.45, 7) is 0.437. The Bertz CT molecular complexity index is 1110. The van der Waals surface area contributed by atoms with Crippen LogP contribution in [0.2, 0.25) is 0 Å². The van der Waals surface area contributed by atoms with Gasteiger partial charge < -0.3 is 5.73 Å². The number of hydrogen-bond donors (Lipinski definition) is 1. The van der Waals surface area contributed by atoms with Gasteiger partial charge in [-0.25, -0.2) is 4.68 Å². The molecule has 166 valence electrons. The van der Waals surface area contributed by atoms with Crippen molar-refractivity contribution in [3.63, 3.8) is 0 Å². The van der Waals surface area contributed by atoms with Crippen molar-refractivity contribution in [3.05, 3.63) is 81.9 Å². The van der Waals surface area contributed by atoms with Gasteiger partial charge in [-0.15, -0.1) is 0 Å². The molecule has 0 fully saturated rings. The average molecular weight is 442 g/mol. The van der Waals surface area contributed by atoms with E-state index >= 15 is 0 Å². The van der Waals surface area contributed by atoms with Crippen molar-refractivity contribution in [2.45, 2.75) is 31.9 Å². The minimum atomic E-state index is -4.59. The maximum absolute atomic E-state index is 13.4. The van der Waals surface area contributed by atoms with E-state index in [2.05, 4.69) is 15.1 Å². The monoisotopic (exact) mass is 442 g/mol. The topological polar surface area (TPSA) is 110 Å². The van der Waals surface area contributed by atoms with E-state index in [1.54, 1.807) is 36.4 Å². The standard InChI is InChI=1S/C22H21F3N6O/c23-22(24,25)20-14-19(17-8-4-15(5-9-17)3-1-2-12-28-30-27)31(29-20)18-10-6-16(7-11-18)13-21(26)32/h4-11,14H,1-3,12-13H2,(H2,26,32). The predicted octanol–water partition coefficient (Wildman–Crippen LogP) is 5.22. The molecule has 2 N–H and O–H groups in total. The van der Waals surface area contributed by atoms with Gasteiger partial charge in [0.2, 0.25) is 5.91 Å². The molecule has 32 heavy (non-hydrogen) atoms. The van der Waals surface area contributed by atoms with Crippen LogP contribution in [0.4, 0.5) is 13.2 Å². The van der Waals surface area contributed by atoms with Crippen LogP contribution in [0, 0.1) is 0 Å². The van der Waals surface area contributed by atoms with Crippen LogP contribution < -0.4 is 5.73 Å². The number of aryl methyl sites for hydroxylation is 1. The van der Waals surface area contributed by atoms with Crippen LogP contribution >= 0.6 is 0 Å². The van der Waals surface area contributed by atoms with Crippen molar-refractivity contribution >= 4 is 5.91 Å². The van der Waals surface area contributed by atoms with Crippen molar-refractivity contribution in [2.24, 2.45) is 10.8 Å². The van der Waals surface area contributed by atoms with E-state index in [-0.39, 0.29) is 6.42 Å². The zero-order valence-electron chi connectivity index (χ0n) is 17.1. The highest BCUT2D eigenvalue weighted by Gasteiger charge is 2.35. The lowest BCUT2D eigenvalue weighted by Crippen LogP contribution is -2.13. The lowest BCUT2D eigenvalue weighted by Gasteiger charge is -2.09. The number of aromatic nitrogens is 2. The minimum absolute atomic E-state index is 0.0460. The maximum Gasteiger partial charge on any atom is 0.435 e. The number of alkyl halides is 3. The summed E-state index contributed by atoms with van der Waals surface area (Å²) in [7, 11) is 0. The SMILES string of the molecule is [N-]=[N+]=NCCCCc1ccc(-c2cc(C(F)(F)F)nn2-c2ccc(CC(N)=O)cc2)cc1. The van der Waals surface area contributed by atoms with Crippen LogP contribution in [0.5, 0.6) is 0 Å². The van der Waals surface area contributed by atoms with Gasteiger partial charge in [0.15, 0.2) is 5.69 Å². The Labute approximate surface area is 182 Å². The van der Waals surface area contributed by atoms with Crippen LogP contribution in [0.15, 0.2) is 59.7 Å². The predicted molar refractivity (Wildman–Crippen MR) is 114 cm³/mol. The lowest BCUT2D eigenvalue weighted by atomic mass is 10.0. The third-order valence-corrected chi connectivity index (χ3v) is 4.85. The summed E-state index contributed by atoms with van der Waals surface area (Å²) in [4.78, 5) is 13.8. The van der Waals surface area contributed by atoms with E-state index in [4.69, 9.17) is 11.3 Å². The molecule has 7 nitrogen and oxygen atoms in total. The molecule has 1 amide bonds. The summed E-state index contributed by atoms with van der Waals surface area (Å²) in [5.41, 5.74) is 15.5. The number of hydrogen-bond acceptors (Lipinski definition) is 3. The molecular weight excluding hydrogens is 421 g/mol. The number of nitrogens with zero attached hydrogens (tertiary/aromatic N) is 5. The normalized spacial score (nSPS) is 11.2. The molecule has 0 saturated carbocycles. The van der Waals surface area contributed by atoms with E-state index < -0.39 is 17.8 Å². The Morgan fingerprint density at radius 2 is 1.72 bits per heavy atom. The molecule has 0 unspecified atom stereocenters. The van der Waals surface area contributed by atoms with E-state index in [9.17, 15) is 18.0 Å². The van der Waals surface area contributed by atoms with Gasteiger partial charge in [-0.05, 0) is 54.1 Å². The quantitative estimate of drug-likeness (QED) is 0.212. The Morgan fingerprint density at radius 1 is 1.06 bits per heavy atom. The summed E-state index contributed by atoms with van der Waals surface area (Å²) < 4.78 is 41.3. The molecule has 0 bridgehead atoms. The van der Waals surface area contributed by atoms with Crippen LogP contribution in [0.3, 0.4) is 0 Å². The fourth-order valence-electron chi connectivity index (χ4n) is 3.28. The van der Waals surface area contributed by atoms with Gasteiger partial charge in [0.1, 0.15) is 0 Å². The number of carbonyl (C=O) groups is 1. The molecule has 0 spiro atoms. The summed E-state index contributed by atoms with van der Waals surface area (Å²) in [6.07, 6.45) is -2.16. The second-order valence-corrected chi connectivity index (χ2v) is 7.24. The van der Waals surface area contributed by atoms with Gasteiger partial charge >= 0.3 is 6.18 Å². The number of azide groups is 1. The highest BCUT2D eigenvalue weighted by Crippen LogP contribution is 2.33.